The molecule has 2 aromatic carbocycles. The molecule has 2 aromatic rings. The largest absolute Gasteiger partial charge is 0.495 e. The highest BCUT2D eigenvalue weighted by Crippen LogP contribution is 2.31. The van der Waals surface area contributed by atoms with Crippen molar-refractivity contribution in [3.8, 4) is 11.5 Å². The molecule has 0 atom stereocenters. The lowest BCUT2D eigenvalue weighted by atomic mass is 10.2. The summed E-state index contributed by atoms with van der Waals surface area (Å²) in [6.45, 7) is 1.71. The van der Waals surface area contributed by atoms with Crippen LogP contribution in [0.5, 0.6) is 11.5 Å². The van der Waals surface area contributed by atoms with Gasteiger partial charge in [0.25, 0.3) is 5.91 Å². The Morgan fingerprint density at radius 1 is 1.25 bits per heavy atom. The summed E-state index contributed by atoms with van der Waals surface area (Å²) in [6.07, 6.45) is -0.214. The van der Waals surface area contributed by atoms with Gasteiger partial charge in [0.15, 0.2) is 16.4 Å². The minimum absolute atomic E-state index is 0.0309. The number of amides is 2. The number of carbonyl (C=O) groups excluding carboxylic acids is 2. The van der Waals surface area contributed by atoms with Gasteiger partial charge in [-0.25, -0.2) is 8.42 Å². The van der Waals surface area contributed by atoms with E-state index in [9.17, 15) is 18.0 Å². The normalized spacial score (nSPS) is 13.1. The van der Waals surface area contributed by atoms with E-state index >= 15 is 0 Å². The van der Waals surface area contributed by atoms with Crippen molar-refractivity contribution in [2.75, 3.05) is 30.1 Å². The smallest absolute Gasteiger partial charge is 0.262 e. The van der Waals surface area contributed by atoms with Gasteiger partial charge in [0.05, 0.1) is 29.1 Å². The maximum absolute atomic E-state index is 12.6. The van der Waals surface area contributed by atoms with Crippen LogP contribution in [0.1, 0.15) is 12.0 Å². The van der Waals surface area contributed by atoms with Gasteiger partial charge < -0.3 is 20.1 Å². The standard InChI is InChI=1S/C19H20N2O6S/c1-12-3-6-16(26-2)15(9-12)21-18(22)7-8-28(24,25)13-4-5-14-17(10-13)27-11-19(23)20-14/h3-6,9-10H,7-8,11H2,1-2H3,(H,20,23)(H,21,22). The fourth-order valence-electron chi connectivity index (χ4n) is 2.73. The SMILES string of the molecule is COc1ccc(C)cc1NC(=O)CCS(=O)(=O)c1ccc2c(c1)OCC(=O)N2. The first-order valence-corrected chi connectivity index (χ1v) is 10.2. The first-order chi connectivity index (χ1) is 13.3. The fourth-order valence-corrected chi connectivity index (χ4v) is 3.98. The summed E-state index contributed by atoms with van der Waals surface area (Å²) >= 11 is 0. The first kappa shape index (κ1) is 19.7. The van der Waals surface area contributed by atoms with E-state index in [1.165, 1.54) is 25.3 Å². The second-order valence-electron chi connectivity index (χ2n) is 6.32. The van der Waals surface area contributed by atoms with Gasteiger partial charge in [-0.1, -0.05) is 6.07 Å². The third kappa shape index (κ3) is 4.42. The van der Waals surface area contributed by atoms with Crippen molar-refractivity contribution in [3.05, 3.63) is 42.0 Å². The molecule has 3 rings (SSSR count). The van der Waals surface area contributed by atoms with Crippen LogP contribution in [0.4, 0.5) is 11.4 Å². The van der Waals surface area contributed by atoms with Crippen LogP contribution in [-0.2, 0) is 19.4 Å². The number of aryl methyl sites for hydroxylation is 1. The summed E-state index contributed by atoms with van der Waals surface area (Å²) in [7, 11) is -2.21. The van der Waals surface area contributed by atoms with E-state index in [4.69, 9.17) is 9.47 Å². The van der Waals surface area contributed by atoms with E-state index in [1.807, 2.05) is 13.0 Å². The van der Waals surface area contributed by atoms with Crippen molar-refractivity contribution >= 4 is 33.0 Å². The van der Waals surface area contributed by atoms with E-state index in [0.717, 1.165) is 5.56 Å². The van der Waals surface area contributed by atoms with Crippen LogP contribution in [-0.4, -0.2) is 39.7 Å². The number of ether oxygens (including phenoxy) is 2. The van der Waals surface area contributed by atoms with Gasteiger partial charge in [0, 0.05) is 12.5 Å². The Morgan fingerprint density at radius 3 is 2.79 bits per heavy atom. The van der Waals surface area contributed by atoms with Gasteiger partial charge in [-0.15, -0.1) is 0 Å². The number of rotatable bonds is 6. The van der Waals surface area contributed by atoms with Crippen molar-refractivity contribution in [1.29, 1.82) is 0 Å². The Balaban J connectivity index is 1.67. The van der Waals surface area contributed by atoms with Crippen LogP contribution in [0, 0.1) is 6.92 Å². The monoisotopic (exact) mass is 404 g/mol. The number of hydrogen-bond acceptors (Lipinski definition) is 6. The fraction of sp³-hybridized carbons (Fsp3) is 0.263. The van der Waals surface area contributed by atoms with Gasteiger partial charge in [-0.2, -0.15) is 0 Å². The van der Waals surface area contributed by atoms with Crippen molar-refractivity contribution in [3.63, 3.8) is 0 Å². The number of methoxy groups -OCH3 is 1. The molecule has 0 spiro atoms. The number of hydrogen-bond donors (Lipinski definition) is 2. The molecule has 0 bridgehead atoms. The van der Waals surface area contributed by atoms with Crippen LogP contribution >= 0.6 is 0 Å². The number of anilines is 2. The Hall–Kier alpha value is -3.07. The third-order valence-electron chi connectivity index (χ3n) is 4.17. The Labute approximate surface area is 162 Å². The number of fused-ring (bicyclic) bond motifs is 1. The molecule has 8 nitrogen and oxygen atoms in total. The highest BCUT2D eigenvalue weighted by Gasteiger charge is 2.22. The van der Waals surface area contributed by atoms with Crippen molar-refractivity contribution in [2.45, 2.75) is 18.2 Å². The predicted octanol–water partition coefficient (Wildman–Crippen LogP) is 2.14. The van der Waals surface area contributed by atoms with Gasteiger partial charge in [-0.05, 0) is 36.8 Å². The second kappa shape index (κ2) is 7.89. The maximum atomic E-state index is 12.6. The van der Waals surface area contributed by atoms with Gasteiger partial charge in [0.1, 0.15) is 11.5 Å². The molecule has 9 heteroatoms. The third-order valence-corrected chi connectivity index (χ3v) is 5.89. The molecule has 28 heavy (non-hydrogen) atoms. The van der Waals surface area contributed by atoms with E-state index in [2.05, 4.69) is 10.6 Å². The lowest BCUT2D eigenvalue weighted by Gasteiger charge is -2.18. The first-order valence-electron chi connectivity index (χ1n) is 8.52. The zero-order valence-electron chi connectivity index (χ0n) is 15.4. The Morgan fingerprint density at radius 2 is 2.04 bits per heavy atom. The molecule has 2 N–H and O–H groups in total. The lowest BCUT2D eigenvalue weighted by molar-refractivity contribution is -0.118. The summed E-state index contributed by atoms with van der Waals surface area (Å²) in [5.74, 6) is -0.316. The second-order valence-corrected chi connectivity index (χ2v) is 8.42. The van der Waals surface area contributed by atoms with E-state index in [-0.39, 0.29) is 35.3 Å². The molecular formula is C19H20N2O6S. The topological polar surface area (TPSA) is 111 Å². The molecule has 148 valence electrons. The van der Waals surface area contributed by atoms with E-state index < -0.39 is 15.7 Å². The molecule has 0 aliphatic carbocycles. The van der Waals surface area contributed by atoms with Crippen molar-refractivity contribution in [2.24, 2.45) is 0 Å². The molecule has 0 saturated heterocycles. The van der Waals surface area contributed by atoms with Crippen molar-refractivity contribution in [1.82, 2.24) is 0 Å². The van der Waals surface area contributed by atoms with Crippen LogP contribution in [0.2, 0.25) is 0 Å². The molecule has 0 aromatic heterocycles. The molecule has 0 fully saturated rings. The predicted molar refractivity (Wildman–Crippen MR) is 104 cm³/mol. The number of sulfone groups is 1. The van der Waals surface area contributed by atoms with Gasteiger partial charge in [0.2, 0.25) is 5.91 Å². The van der Waals surface area contributed by atoms with E-state index in [0.29, 0.717) is 17.1 Å². The Kier molecular flexibility index (Phi) is 5.55. The molecule has 2 amide bonds. The highest BCUT2D eigenvalue weighted by atomic mass is 32.2. The molecular weight excluding hydrogens is 384 g/mol. The minimum atomic E-state index is -3.70. The molecule has 0 unspecified atom stereocenters. The van der Waals surface area contributed by atoms with Crippen LogP contribution in [0.25, 0.3) is 0 Å². The molecule has 1 aliphatic rings. The van der Waals surface area contributed by atoms with Gasteiger partial charge in [-0.3, -0.25) is 9.59 Å². The molecule has 1 heterocycles. The summed E-state index contributed by atoms with van der Waals surface area (Å²) in [5.41, 5.74) is 1.84. The maximum Gasteiger partial charge on any atom is 0.262 e. The zero-order valence-corrected chi connectivity index (χ0v) is 16.3. The lowest BCUT2D eigenvalue weighted by Crippen LogP contribution is -2.25. The summed E-state index contributed by atoms with van der Waals surface area (Å²) < 4.78 is 35.6. The molecule has 1 aliphatic heterocycles. The highest BCUT2D eigenvalue weighted by molar-refractivity contribution is 7.91. The molecule has 0 saturated carbocycles. The summed E-state index contributed by atoms with van der Waals surface area (Å²) in [5, 5.41) is 5.28. The summed E-state index contributed by atoms with van der Waals surface area (Å²) in [4.78, 5) is 23.6. The average molecular weight is 404 g/mol. The van der Waals surface area contributed by atoms with Gasteiger partial charge >= 0.3 is 0 Å². The van der Waals surface area contributed by atoms with E-state index in [1.54, 1.807) is 12.1 Å². The summed E-state index contributed by atoms with van der Waals surface area (Å²) in [6, 6.07) is 9.53. The zero-order chi connectivity index (χ0) is 20.3. The number of carbonyl (C=O) groups is 2. The van der Waals surface area contributed by atoms with Crippen LogP contribution < -0.4 is 20.1 Å². The molecule has 0 radical (unpaired) electrons. The van der Waals surface area contributed by atoms with Crippen molar-refractivity contribution < 1.29 is 27.5 Å². The average Bonchev–Trinajstić information content (AvgIpc) is 2.66. The number of benzene rings is 2. The Bertz CT molecular complexity index is 1030. The quantitative estimate of drug-likeness (QED) is 0.763. The van der Waals surface area contributed by atoms with Crippen LogP contribution in [0.15, 0.2) is 41.3 Å². The minimum Gasteiger partial charge on any atom is -0.495 e. The number of nitrogens with one attached hydrogen (secondary N) is 2. The van der Waals surface area contributed by atoms with Crippen LogP contribution in [0.3, 0.4) is 0 Å².